The zero-order chi connectivity index (χ0) is 27.2. The first kappa shape index (κ1) is 25.4. The van der Waals surface area contributed by atoms with Crippen molar-refractivity contribution < 1.29 is 9.59 Å². The highest BCUT2D eigenvalue weighted by Crippen LogP contribution is 2.39. The third kappa shape index (κ3) is 5.55. The van der Waals surface area contributed by atoms with Crippen molar-refractivity contribution in [2.45, 2.75) is 5.92 Å². The van der Waals surface area contributed by atoms with Crippen LogP contribution < -0.4 is 11.5 Å². The molecule has 0 aliphatic carbocycles. The van der Waals surface area contributed by atoms with E-state index < -0.39 is 11.8 Å². The molecule has 0 saturated carbocycles. The SMILES string of the molecule is [NH]C(=O)c1ccc(C(c2cccc3ccccc23)c2cccc3ccccc23)cc1.[NH]C(=O)c1ccccc1. The molecule has 2 amide bonds. The van der Waals surface area contributed by atoms with Gasteiger partial charge in [0.05, 0.1) is 0 Å². The topological polar surface area (TPSA) is 81.7 Å². The van der Waals surface area contributed by atoms with E-state index in [1.54, 1.807) is 36.4 Å². The maximum Gasteiger partial charge on any atom is 0.269 e. The summed E-state index contributed by atoms with van der Waals surface area (Å²) in [5, 5.41) is 4.86. The summed E-state index contributed by atoms with van der Waals surface area (Å²) in [4.78, 5) is 21.8. The fraction of sp³-hybridized carbons (Fsp3) is 0.0286. The molecule has 0 heterocycles. The first-order valence-corrected chi connectivity index (χ1v) is 12.6. The molecule has 0 aromatic heterocycles. The standard InChI is InChI=1S/C28H20NO.C7H6NO/c29-28(30)22-17-15-21(16-18-22)27(25-13-5-9-19-7-1-3-11-23(19)25)26-14-6-10-20-8-2-4-12-24(20)26;8-7(9)6-4-2-1-3-5-6/h1-18,27,29H;1-5,8H. The lowest BCUT2D eigenvalue weighted by atomic mass is 9.80. The minimum absolute atomic E-state index is 0.0112. The van der Waals surface area contributed by atoms with E-state index in [0.717, 1.165) is 5.56 Å². The molecule has 0 saturated heterocycles. The second-order valence-corrected chi connectivity index (χ2v) is 9.22. The maximum atomic E-state index is 11.5. The van der Waals surface area contributed by atoms with Crippen LogP contribution in [0, 0.1) is 0 Å². The highest BCUT2D eigenvalue weighted by Gasteiger charge is 2.21. The van der Waals surface area contributed by atoms with E-state index in [0.29, 0.717) is 11.1 Å². The molecule has 0 aliphatic rings. The molecule has 6 aromatic rings. The van der Waals surface area contributed by atoms with Gasteiger partial charge in [-0.05, 0) is 62.5 Å². The van der Waals surface area contributed by atoms with Crippen LogP contribution in [-0.2, 0) is 0 Å². The van der Waals surface area contributed by atoms with Gasteiger partial charge in [-0.25, -0.2) is 0 Å². The molecule has 2 N–H and O–H groups in total. The van der Waals surface area contributed by atoms with Crippen molar-refractivity contribution in [1.82, 2.24) is 11.5 Å². The van der Waals surface area contributed by atoms with Gasteiger partial charge < -0.3 is 0 Å². The monoisotopic (exact) mass is 506 g/mol. The van der Waals surface area contributed by atoms with Crippen molar-refractivity contribution in [3.05, 3.63) is 167 Å². The van der Waals surface area contributed by atoms with Gasteiger partial charge in [-0.2, -0.15) is 0 Å². The second-order valence-electron chi connectivity index (χ2n) is 9.22. The number of rotatable bonds is 5. The molecule has 188 valence electrons. The van der Waals surface area contributed by atoms with Crippen molar-refractivity contribution in [1.29, 1.82) is 0 Å². The largest absolute Gasteiger partial charge is 0.269 e. The molecule has 6 aromatic carbocycles. The van der Waals surface area contributed by atoms with Crippen LogP contribution in [-0.4, -0.2) is 11.8 Å². The molecule has 39 heavy (non-hydrogen) atoms. The van der Waals surface area contributed by atoms with Gasteiger partial charge in [0.1, 0.15) is 0 Å². The average molecular weight is 507 g/mol. The number of hydrogen-bond donors (Lipinski definition) is 0. The molecule has 0 spiro atoms. The van der Waals surface area contributed by atoms with E-state index in [2.05, 4.69) is 84.9 Å². The quantitative estimate of drug-likeness (QED) is 0.224. The van der Waals surface area contributed by atoms with Crippen molar-refractivity contribution in [2.24, 2.45) is 0 Å². The zero-order valence-electron chi connectivity index (χ0n) is 21.2. The number of amides is 2. The summed E-state index contributed by atoms with van der Waals surface area (Å²) in [7, 11) is 0. The number of benzene rings is 6. The number of carbonyl (C=O) groups is 2. The van der Waals surface area contributed by atoms with Crippen molar-refractivity contribution in [3.8, 4) is 0 Å². The molecule has 4 nitrogen and oxygen atoms in total. The molecule has 0 atom stereocenters. The summed E-state index contributed by atoms with van der Waals surface area (Å²) in [6.07, 6.45) is 0. The fourth-order valence-corrected chi connectivity index (χ4v) is 4.95. The zero-order valence-corrected chi connectivity index (χ0v) is 21.2. The predicted molar refractivity (Wildman–Crippen MR) is 157 cm³/mol. The normalized spacial score (nSPS) is 10.7. The summed E-state index contributed by atoms with van der Waals surface area (Å²) >= 11 is 0. The van der Waals surface area contributed by atoms with Crippen LogP contribution in [0.1, 0.15) is 43.3 Å². The van der Waals surface area contributed by atoms with Crippen molar-refractivity contribution in [2.75, 3.05) is 0 Å². The van der Waals surface area contributed by atoms with Crippen LogP contribution >= 0.6 is 0 Å². The first-order valence-electron chi connectivity index (χ1n) is 12.6. The van der Waals surface area contributed by atoms with Crippen LogP contribution in [0.15, 0.2) is 140 Å². The van der Waals surface area contributed by atoms with Crippen LogP contribution in [0.4, 0.5) is 0 Å². The maximum absolute atomic E-state index is 11.5. The van der Waals surface area contributed by atoms with Gasteiger partial charge in [-0.3, -0.25) is 21.1 Å². The van der Waals surface area contributed by atoms with Gasteiger partial charge in [-0.15, -0.1) is 0 Å². The Balaban J connectivity index is 0.000000292. The Morgan fingerprint density at radius 2 is 0.846 bits per heavy atom. The van der Waals surface area contributed by atoms with Crippen LogP contribution in [0.2, 0.25) is 0 Å². The molecule has 4 heteroatoms. The summed E-state index contributed by atoms with van der Waals surface area (Å²) in [5.74, 6) is -1.28. The lowest BCUT2D eigenvalue weighted by molar-refractivity contribution is 0.0983. The van der Waals surface area contributed by atoms with E-state index in [1.165, 1.54) is 32.7 Å². The molecular formula is C35H26N2O2. The molecule has 0 bridgehead atoms. The first-order chi connectivity index (χ1) is 19.0. The Labute approximate surface area is 227 Å². The number of nitrogens with one attached hydrogen (secondary N) is 2. The van der Waals surface area contributed by atoms with Crippen molar-refractivity contribution in [3.63, 3.8) is 0 Å². The third-order valence-corrected chi connectivity index (χ3v) is 6.81. The van der Waals surface area contributed by atoms with Crippen LogP contribution in [0.5, 0.6) is 0 Å². The Morgan fingerprint density at radius 3 is 1.31 bits per heavy atom. The third-order valence-electron chi connectivity index (χ3n) is 6.81. The van der Waals surface area contributed by atoms with Gasteiger partial charge >= 0.3 is 0 Å². The Morgan fingerprint density at radius 1 is 0.436 bits per heavy atom. The van der Waals surface area contributed by atoms with E-state index in [4.69, 9.17) is 11.5 Å². The Hall–Kier alpha value is -5.22. The van der Waals surface area contributed by atoms with Gasteiger partial charge in [-0.1, -0.05) is 115 Å². The lowest BCUT2D eigenvalue weighted by Gasteiger charge is -2.22. The average Bonchev–Trinajstić information content (AvgIpc) is 2.98. The minimum atomic E-state index is -0.659. The van der Waals surface area contributed by atoms with E-state index >= 15 is 0 Å². The highest BCUT2D eigenvalue weighted by atomic mass is 16.1. The molecule has 0 fully saturated rings. The highest BCUT2D eigenvalue weighted by molar-refractivity contribution is 5.93. The summed E-state index contributed by atoms with van der Waals surface area (Å²) < 4.78 is 0. The van der Waals surface area contributed by atoms with E-state index in [1.807, 2.05) is 18.2 Å². The van der Waals surface area contributed by atoms with Gasteiger partial charge in [0.25, 0.3) is 11.8 Å². The second kappa shape index (κ2) is 11.4. The Bertz CT molecular complexity index is 1670. The Kier molecular flexibility index (Phi) is 7.46. The molecule has 6 rings (SSSR count). The minimum Gasteiger partial charge on any atom is -0.267 e. The number of hydrogen-bond acceptors (Lipinski definition) is 2. The van der Waals surface area contributed by atoms with E-state index in [9.17, 15) is 9.59 Å². The lowest BCUT2D eigenvalue weighted by Crippen LogP contribution is -2.06. The summed E-state index contributed by atoms with van der Waals surface area (Å²) in [5.41, 5.74) is 18.5. The molecule has 0 unspecified atom stereocenters. The predicted octanol–water partition coefficient (Wildman–Crippen LogP) is 7.71. The van der Waals surface area contributed by atoms with Crippen LogP contribution in [0.3, 0.4) is 0 Å². The molecule has 2 radical (unpaired) electrons. The number of fused-ring (bicyclic) bond motifs is 2. The van der Waals surface area contributed by atoms with Gasteiger partial charge in [0.15, 0.2) is 0 Å². The van der Waals surface area contributed by atoms with Crippen LogP contribution in [0.25, 0.3) is 21.5 Å². The molecule has 0 aliphatic heterocycles. The molecular weight excluding hydrogens is 480 g/mol. The van der Waals surface area contributed by atoms with E-state index in [-0.39, 0.29) is 5.92 Å². The fourth-order valence-electron chi connectivity index (χ4n) is 4.95. The summed E-state index contributed by atoms with van der Waals surface area (Å²) in [6.45, 7) is 0. The van der Waals surface area contributed by atoms with Gasteiger partial charge in [0, 0.05) is 17.0 Å². The van der Waals surface area contributed by atoms with Gasteiger partial charge in [0.2, 0.25) is 0 Å². The summed E-state index contributed by atoms with van der Waals surface area (Å²) in [6, 6.07) is 45.8. The number of carbonyl (C=O) groups excluding carboxylic acids is 2. The smallest absolute Gasteiger partial charge is 0.267 e. The van der Waals surface area contributed by atoms with Crippen molar-refractivity contribution >= 4 is 33.4 Å².